The molecule has 1 unspecified atom stereocenters. The van der Waals surface area contributed by atoms with Crippen LogP contribution in [0.3, 0.4) is 0 Å². The number of anilines is 2. The Morgan fingerprint density at radius 2 is 1.76 bits per heavy atom. The number of amides is 2. The summed E-state index contributed by atoms with van der Waals surface area (Å²) in [5, 5.41) is 20.5. The molecule has 194 valence electrons. The number of benzene rings is 2. The zero-order valence-corrected chi connectivity index (χ0v) is 21.6. The van der Waals surface area contributed by atoms with Crippen molar-refractivity contribution in [3.05, 3.63) is 104 Å². The minimum Gasteiger partial charge on any atom is -0.353 e. The molecule has 3 aromatic rings. The minimum atomic E-state index is -4.62. The van der Waals surface area contributed by atoms with Gasteiger partial charge in [-0.1, -0.05) is 48.2 Å². The van der Waals surface area contributed by atoms with Crippen LogP contribution in [0, 0.1) is 11.3 Å². The minimum absolute atomic E-state index is 0.241. The van der Waals surface area contributed by atoms with Gasteiger partial charge in [0, 0.05) is 21.8 Å². The van der Waals surface area contributed by atoms with Gasteiger partial charge in [0.1, 0.15) is 0 Å². The van der Waals surface area contributed by atoms with Crippen LogP contribution in [-0.2, 0) is 15.8 Å². The van der Waals surface area contributed by atoms with E-state index in [1.54, 1.807) is 31.2 Å². The molecule has 0 saturated heterocycles. The maximum atomic E-state index is 13.3. The van der Waals surface area contributed by atoms with Crippen molar-refractivity contribution in [2.45, 2.75) is 19.0 Å². The summed E-state index contributed by atoms with van der Waals surface area (Å²) in [6.45, 7) is 1.70. The van der Waals surface area contributed by atoms with Gasteiger partial charge in [0.2, 0.25) is 5.91 Å². The molecule has 4 rings (SSSR count). The second kappa shape index (κ2) is 11.6. The number of hydrogen-bond donors (Lipinski definition) is 3. The maximum absolute atomic E-state index is 13.3. The lowest BCUT2D eigenvalue weighted by molar-refractivity contribution is -0.137. The van der Waals surface area contributed by atoms with Gasteiger partial charge in [-0.05, 0) is 42.6 Å². The van der Waals surface area contributed by atoms with Crippen molar-refractivity contribution >= 4 is 46.3 Å². The van der Waals surface area contributed by atoms with Gasteiger partial charge in [0.25, 0.3) is 5.91 Å². The molecule has 0 saturated carbocycles. The number of carbonyl (C=O) groups is 2. The lowest BCUT2D eigenvalue weighted by atomic mass is 9.86. The highest BCUT2D eigenvalue weighted by Crippen LogP contribution is 2.42. The molecule has 6 nitrogen and oxygen atoms in total. The first-order chi connectivity index (χ1) is 18.2. The number of nitriles is 1. The quantitative estimate of drug-likeness (QED) is 0.311. The maximum Gasteiger partial charge on any atom is 0.418 e. The molecule has 11 heteroatoms. The Labute approximate surface area is 225 Å². The average molecular weight is 555 g/mol. The number of carbonyl (C=O) groups excluding carboxylic acids is 2. The largest absolute Gasteiger partial charge is 0.418 e. The van der Waals surface area contributed by atoms with E-state index < -0.39 is 23.6 Å². The Hall–Kier alpha value is -4.01. The first-order valence-electron chi connectivity index (χ1n) is 11.3. The van der Waals surface area contributed by atoms with Crippen LogP contribution in [-0.4, -0.2) is 17.6 Å². The number of hydrogen-bond acceptors (Lipinski definition) is 6. The molecule has 1 atom stereocenters. The van der Waals surface area contributed by atoms with E-state index in [0.29, 0.717) is 22.0 Å². The monoisotopic (exact) mass is 554 g/mol. The molecular weight excluding hydrogens is 533 g/mol. The predicted molar refractivity (Wildman–Crippen MR) is 143 cm³/mol. The van der Waals surface area contributed by atoms with Gasteiger partial charge in [-0.2, -0.15) is 18.4 Å². The van der Waals surface area contributed by atoms with Gasteiger partial charge in [0.15, 0.2) is 0 Å². The molecule has 3 N–H and O–H groups in total. The summed E-state index contributed by atoms with van der Waals surface area (Å²) in [5.74, 6) is -1.98. The Balaban J connectivity index is 1.57. The van der Waals surface area contributed by atoms with E-state index in [2.05, 4.69) is 22.0 Å². The number of rotatable bonds is 7. The van der Waals surface area contributed by atoms with E-state index in [9.17, 15) is 28.0 Å². The third-order valence-electron chi connectivity index (χ3n) is 5.61. The van der Waals surface area contributed by atoms with Crippen molar-refractivity contribution in [1.29, 1.82) is 5.26 Å². The number of para-hydroxylation sites is 2. The fraction of sp³-hybridized carbons (Fsp3) is 0.148. The van der Waals surface area contributed by atoms with Gasteiger partial charge >= 0.3 is 6.18 Å². The van der Waals surface area contributed by atoms with Gasteiger partial charge in [-0.3, -0.25) is 9.59 Å². The highest BCUT2D eigenvalue weighted by Gasteiger charge is 2.36. The number of alkyl halides is 3. The van der Waals surface area contributed by atoms with Gasteiger partial charge in [-0.15, -0.1) is 11.3 Å². The fourth-order valence-electron chi connectivity index (χ4n) is 3.95. The number of dihydropyridines is 1. The fourth-order valence-corrected chi connectivity index (χ4v) is 5.69. The molecule has 0 bridgehead atoms. The van der Waals surface area contributed by atoms with Crippen molar-refractivity contribution in [3.63, 3.8) is 0 Å². The second-order valence-electron chi connectivity index (χ2n) is 8.17. The summed E-state index contributed by atoms with van der Waals surface area (Å²) in [4.78, 5) is 26.7. The molecule has 1 aliphatic heterocycles. The molecule has 2 aromatic carbocycles. The molecule has 38 heavy (non-hydrogen) atoms. The summed E-state index contributed by atoms with van der Waals surface area (Å²) in [7, 11) is 0. The molecule has 0 radical (unpaired) electrons. The number of nitrogens with zero attached hydrogens (tertiary/aromatic N) is 1. The number of thioether (sulfide) groups is 1. The van der Waals surface area contributed by atoms with Crippen LogP contribution in [0.15, 0.2) is 94.0 Å². The van der Waals surface area contributed by atoms with Gasteiger partial charge in [0.05, 0.1) is 39.6 Å². The standard InChI is InChI=1S/C27H21F3N4O2S2/c1-16-23(25(36)33-17-8-3-2-4-9-17)24(21-12-7-13-37-21)18(14-31)26(32-16)38-15-22(35)34-20-11-6-5-10-19(20)27(28,29)30/h2-13,24,32H,15H2,1H3,(H,33,36)(H,34,35). The Bertz CT molecular complexity index is 1440. The third kappa shape index (κ3) is 6.10. The molecule has 0 fully saturated rings. The molecule has 1 aliphatic rings. The molecular formula is C27H21F3N4O2S2. The van der Waals surface area contributed by atoms with E-state index in [1.807, 2.05) is 23.6 Å². The van der Waals surface area contributed by atoms with Crippen molar-refractivity contribution in [2.75, 3.05) is 16.4 Å². The van der Waals surface area contributed by atoms with E-state index >= 15 is 0 Å². The number of halogens is 3. The Morgan fingerprint density at radius 1 is 1.05 bits per heavy atom. The van der Waals surface area contributed by atoms with Crippen LogP contribution in [0.1, 0.15) is 23.3 Å². The van der Waals surface area contributed by atoms with E-state index in [-0.39, 0.29) is 22.9 Å². The summed E-state index contributed by atoms with van der Waals surface area (Å²) in [5.41, 5.74) is 0.411. The molecule has 1 aromatic heterocycles. The highest BCUT2D eigenvalue weighted by atomic mass is 32.2. The lowest BCUT2D eigenvalue weighted by Crippen LogP contribution is -2.30. The SMILES string of the molecule is CC1=C(C(=O)Nc2ccccc2)C(c2cccs2)C(C#N)=C(SCC(=O)Nc2ccccc2C(F)(F)F)N1. The van der Waals surface area contributed by atoms with Crippen molar-refractivity contribution in [1.82, 2.24) is 5.32 Å². The Morgan fingerprint density at radius 3 is 2.42 bits per heavy atom. The summed E-state index contributed by atoms with van der Waals surface area (Å²) in [6.07, 6.45) is -4.62. The predicted octanol–water partition coefficient (Wildman–Crippen LogP) is 6.47. The van der Waals surface area contributed by atoms with Crippen LogP contribution < -0.4 is 16.0 Å². The third-order valence-corrected chi connectivity index (χ3v) is 7.56. The molecule has 0 spiro atoms. The number of thiophene rings is 1. The molecule has 2 amide bonds. The normalized spacial score (nSPS) is 15.5. The number of nitrogens with one attached hydrogen (secondary N) is 3. The van der Waals surface area contributed by atoms with Crippen molar-refractivity contribution in [2.24, 2.45) is 0 Å². The number of allylic oxidation sites excluding steroid dienone is 2. The smallest absolute Gasteiger partial charge is 0.353 e. The van der Waals surface area contributed by atoms with Gasteiger partial charge < -0.3 is 16.0 Å². The summed E-state index contributed by atoms with van der Waals surface area (Å²) in [6, 6.07) is 19.4. The van der Waals surface area contributed by atoms with Crippen LogP contribution in [0.4, 0.5) is 24.5 Å². The zero-order chi connectivity index (χ0) is 27.3. The average Bonchev–Trinajstić information content (AvgIpc) is 3.42. The van der Waals surface area contributed by atoms with Crippen LogP contribution in [0.25, 0.3) is 0 Å². The lowest BCUT2D eigenvalue weighted by Gasteiger charge is -2.29. The van der Waals surface area contributed by atoms with Crippen LogP contribution >= 0.6 is 23.1 Å². The van der Waals surface area contributed by atoms with Gasteiger partial charge in [-0.25, -0.2) is 0 Å². The summed E-state index contributed by atoms with van der Waals surface area (Å²) < 4.78 is 39.9. The first-order valence-corrected chi connectivity index (χ1v) is 13.2. The first kappa shape index (κ1) is 27.0. The molecule has 0 aliphatic carbocycles. The molecule has 2 heterocycles. The van der Waals surface area contributed by atoms with E-state index in [0.717, 1.165) is 22.7 Å². The van der Waals surface area contributed by atoms with Crippen LogP contribution in [0.5, 0.6) is 0 Å². The summed E-state index contributed by atoms with van der Waals surface area (Å²) >= 11 is 2.37. The van der Waals surface area contributed by atoms with Crippen molar-refractivity contribution < 1.29 is 22.8 Å². The topological polar surface area (TPSA) is 94.0 Å². The van der Waals surface area contributed by atoms with E-state index in [4.69, 9.17) is 0 Å². The van der Waals surface area contributed by atoms with Crippen LogP contribution in [0.2, 0.25) is 0 Å². The van der Waals surface area contributed by atoms with Crippen molar-refractivity contribution in [3.8, 4) is 6.07 Å². The van der Waals surface area contributed by atoms with E-state index in [1.165, 1.54) is 29.5 Å². The second-order valence-corrected chi connectivity index (χ2v) is 10.1. The Kier molecular flexibility index (Phi) is 8.24. The zero-order valence-electron chi connectivity index (χ0n) is 19.9. The highest BCUT2D eigenvalue weighted by molar-refractivity contribution is 8.03.